The molecule has 1 aliphatic heterocycles. The third-order valence-electron chi connectivity index (χ3n) is 5.83. The fourth-order valence-electron chi connectivity index (χ4n) is 4.02. The normalized spacial score (nSPS) is 13.9. The van der Waals surface area contributed by atoms with Crippen LogP contribution in [0.15, 0.2) is 76.6 Å². The lowest BCUT2D eigenvalue weighted by Gasteiger charge is -2.34. The third-order valence-corrected chi connectivity index (χ3v) is 5.83. The number of amides is 1. The number of H-pyrrole nitrogens is 1. The maximum absolute atomic E-state index is 12.9. The summed E-state index contributed by atoms with van der Waals surface area (Å²) in [6.07, 6.45) is 3.42. The Bertz CT molecular complexity index is 1400. The summed E-state index contributed by atoms with van der Waals surface area (Å²) in [5.41, 5.74) is 1.06. The quantitative estimate of drug-likeness (QED) is 0.514. The molecule has 1 fully saturated rings. The van der Waals surface area contributed by atoms with E-state index in [2.05, 4.69) is 19.9 Å². The van der Waals surface area contributed by atoms with E-state index in [1.807, 2.05) is 4.90 Å². The second kappa shape index (κ2) is 8.70. The fraction of sp³-hybridized carbons (Fsp3) is 0.208. The van der Waals surface area contributed by atoms with Gasteiger partial charge >= 0.3 is 5.69 Å². The second-order valence-electron chi connectivity index (χ2n) is 7.89. The lowest BCUT2D eigenvalue weighted by molar-refractivity contribution is 0.0746. The van der Waals surface area contributed by atoms with Crippen LogP contribution in [0.4, 0.5) is 5.95 Å². The number of hydrogen-bond donors (Lipinski definition) is 1. The van der Waals surface area contributed by atoms with Crippen LogP contribution < -0.4 is 16.1 Å². The van der Waals surface area contributed by atoms with Crippen molar-refractivity contribution < 1.29 is 4.79 Å². The molecule has 0 bridgehead atoms. The number of benzene rings is 2. The van der Waals surface area contributed by atoms with Gasteiger partial charge in [0.05, 0.1) is 17.4 Å². The zero-order valence-electron chi connectivity index (χ0n) is 17.8. The van der Waals surface area contributed by atoms with Gasteiger partial charge in [0.1, 0.15) is 0 Å². The van der Waals surface area contributed by atoms with E-state index < -0.39 is 5.69 Å². The van der Waals surface area contributed by atoms with Crippen molar-refractivity contribution in [1.82, 2.24) is 24.4 Å². The Kier molecular flexibility index (Phi) is 5.43. The summed E-state index contributed by atoms with van der Waals surface area (Å²) in [7, 11) is 0. The summed E-state index contributed by atoms with van der Waals surface area (Å²) >= 11 is 0. The predicted molar refractivity (Wildman–Crippen MR) is 125 cm³/mol. The van der Waals surface area contributed by atoms with Crippen LogP contribution in [0.1, 0.15) is 15.9 Å². The average Bonchev–Trinajstić information content (AvgIpc) is 2.87. The Hall–Kier alpha value is -4.27. The Balaban J connectivity index is 1.28. The highest BCUT2D eigenvalue weighted by Gasteiger charge is 2.23. The molecule has 1 aliphatic rings. The molecule has 2 aromatic carbocycles. The van der Waals surface area contributed by atoms with Crippen molar-refractivity contribution in [2.45, 2.75) is 6.54 Å². The topological polar surface area (TPSA) is 104 Å². The van der Waals surface area contributed by atoms with Gasteiger partial charge in [-0.15, -0.1) is 0 Å². The Morgan fingerprint density at radius 3 is 2.30 bits per heavy atom. The molecule has 1 N–H and O–H groups in total. The van der Waals surface area contributed by atoms with E-state index in [9.17, 15) is 14.4 Å². The van der Waals surface area contributed by atoms with Gasteiger partial charge in [0, 0.05) is 44.1 Å². The minimum atomic E-state index is -0.459. The van der Waals surface area contributed by atoms with E-state index in [1.165, 1.54) is 4.57 Å². The van der Waals surface area contributed by atoms with Crippen molar-refractivity contribution in [2.75, 3.05) is 31.1 Å². The fourth-order valence-corrected chi connectivity index (χ4v) is 4.02. The number of nitrogens with one attached hydrogen (secondary N) is 1. The van der Waals surface area contributed by atoms with E-state index in [0.29, 0.717) is 48.6 Å². The van der Waals surface area contributed by atoms with Crippen molar-refractivity contribution >= 4 is 22.8 Å². The van der Waals surface area contributed by atoms with Gasteiger partial charge in [0.25, 0.3) is 11.5 Å². The maximum Gasteiger partial charge on any atom is 0.329 e. The molecule has 4 aromatic rings. The van der Waals surface area contributed by atoms with Crippen LogP contribution in [0.5, 0.6) is 0 Å². The van der Waals surface area contributed by atoms with Crippen LogP contribution in [0.2, 0.25) is 0 Å². The van der Waals surface area contributed by atoms with Crippen molar-refractivity contribution in [3.8, 4) is 0 Å². The van der Waals surface area contributed by atoms with E-state index >= 15 is 0 Å². The molecule has 2 aromatic heterocycles. The van der Waals surface area contributed by atoms with E-state index in [4.69, 9.17) is 0 Å². The molecular weight excluding hydrogens is 420 g/mol. The number of piperazine rings is 1. The number of hydrogen-bond acceptors (Lipinski definition) is 6. The number of carbonyl (C=O) groups excluding carboxylic acids is 1. The Labute approximate surface area is 189 Å². The SMILES string of the molecule is O=C(c1ccc(Cn2c(=O)[nH]c3ccccc3c2=O)cc1)N1CCN(c2ncccn2)CC1. The molecule has 1 amide bonds. The minimum Gasteiger partial charge on any atom is -0.337 e. The molecule has 166 valence electrons. The van der Waals surface area contributed by atoms with Crippen LogP contribution in [0.3, 0.4) is 0 Å². The molecule has 0 saturated carbocycles. The molecule has 0 atom stereocenters. The minimum absolute atomic E-state index is 0.0455. The molecular formula is C24H22N6O3. The molecule has 1 saturated heterocycles. The lowest BCUT2D eigenvalue weighted by atomic mass is 10.1. The number of para-hydroxylation sites is 1. The zero-order valence-corrected chi connectivity index (χ0v) is 17.8. The van der Waals surface area contributed by atoms with Gasteiger partial charge in [-0.05, 0) is 35.9 Å². The van der Waals surface area contributed by atoms with Crippen molar-refractivity contribution in [3.63, 3.8) is 0 Å². The van der Waals surface area contributed by atoms with Gasteiger partial charge in [-0.3, -0.25) is 14.2 Å². The molecule has 9 nitrogen and oxygen atoms in total. The highest BCUT2D eigenvalue weighted by Crippen LogP contribution is 2.14. The molecule has 3 heterocycles. The van der Waals surface area contributed by atoms with Crippen LogP contribution in [-0.4, -0.2) is 56.5 Å². The van der Waals surface area contributed by atoms with E-state index in [1.54, 1.807) is 67.0 Å². The highest BCUT2D eigenvalue weighted by atomic mass is 16.2. The first kappa shape index (κ1) is 20.6. The molecule has 9 heteroatoms. The number of nitrogens with zero attached hydrogens (tertiary/aromatic N) is 5. The van der Waals surface area contributed by atoms with Gasteiger partial charge in [0.2, 0.25) is 5.95 Å². The van der Waals surface area contributed by atoms with Crippen LogP contribution in [0, 0.1) is 0 Å². The smallest absolute Gasteiger partial charge is 0.329 e. The third kappa shape index (κ3) is 4.12. The van der Waals surface area contributed by atoms with Gasteiger partial charge in [-0.25, -0.2) is 14.8 Å². The molecule has 5 rings (SSSR count). The lowest BCUT2D eigenvalue weighted by Crippen LogP contribution is -2.49. The largest absolute Gasteiger partial charge is 0.337 e. The number of anilines is 1. The molecule has 0 aliphatic carbocycles. The number of aromatic nitrogens is 4. The predicted octanol–water partition coefficient (Wildman–Crippen LogP) is 1.49. The van der Waals surface area contributed by atoms with Crippen LogP contribution in [-0.2, 0) is 6.54 Å². The van der Waals surface area contributed by atoms with Crippen LogP contribution >= 0.6 is 0 Å². The molecule has 0 spiro atoms. The van der Waals surface area contributed by atoms with Crippen molar-refractivity contribution in [2.24, 2.45) is 0 Å². The highest BCUT2D eigenvalue weighted by molar-refractivity contribution is 5.94. The first-order valence-corrected chi connectivity index (χ1v) is 10.7. The zero-order chi connectivity index (χ0) is 22.8. The van der Waals surface area contributed by atoms with Crippen molar-refractivity contribution in [1.29, 1.82) is 0 Å². The number of fused-ring (bicyclic) bond motifs is 1. The summed E-state index contributed by atoms with van der Waals surface area (Å²) in [6, 6.07) is 15.7. The monoisotopic (exact) mass is 442 g/mol. The van der Waals surface area contributed by atoms with Crippen molar-refractivity contribution in [3.05, 3.63) is 99.0 Å². The molecule has 0 radical (unpaired) electrons. The summed E-state index contributed by atoms with van der Waals surface area (Å²) in [5.74, 6) is 0.628. The summed E-state index contributed by atoms with van der Waals surface area (Å²) in [5, 5.41) is 0.462. The molecule has 33 heavy (non-hydrogen) atoms. The Morgan fingerprint density at radius 2 is 1.58 bits per heavy atom. The second-order valence-corrected chi connectivity index (χ2v) is 7.89. The first-order valence-electron chi connectivity index (χ1n) is 10.7. The van der Waals surface area contributed by atoms with Gasteiger partial charge < -0.3 is 14.8 Å². The standard InChI is InChI=1S/C24H22N6O3/c31-21(28-12-14-29(15-13-28)23-25-10-3-11-26-23)18-8-6-17(7-9-18)16-30-22(32)19-4-1-2-5-20(19)27-24(30)33/h1-11H,12-16H2,(H,27,33). The summed E-state index contributed by atoms with van der Waals surface area (Å²) < 4.78 is 1.17. The maximum atomic E-state index is 12.9. The number of carbonyl (C=O) groups is 1. The van der Waals surface area contributed by atoms with Crippen LogP contribution in [0.25, 0.3) is 10.9 Å². The van der Waals surface area contributed by atoms with Gasteiger partial charge in [-0.2, -0.15) is 0 Å². The van der Waals surface area contributed by atoms with E-state index in [-0.39, 0.29) is 18.0 Å². The molecule has 0 unspecified atom stereocenters. The van der Waals surface area contributed by atoms with Gasteiger partial charge in [0.15, 0.2) is 0 Å². The van der Waals surface area contributed by atoms with Gasteiger partial charge in [-0.1, -0.05) is 24.3 Å². The first-order chi connectivity index (χ1) is 16.1. The number of aromatic amines is 1. The number of rotatable bonds is 4. The summed E-state index contributed by atoms with van der Waals surface area (Å²) in [4.78, 5) is 53.2. The summed E-state index contributed by atoms with van der Waals surface area (Å²) in [6.45, 7) is 2.63. The average molecular weight is 442 g/mol. The Morgan fingerprint density at radius 1 is 0.879 bits per heavy atom. The van der Waals surface area contributed by atoms with E-state index in [0.717, 1.165) is 5.56 Å².